The minimum absolute atomic E-state index is 0.112. The molecule has 0 saturated carbocycles. The fourth-order valence-electron chi connectivity index (χ4n) is 0.913. The van der Waals surface area contributed by atoms with E-state index in [1.165, 1.54) is 12.1 Å². The molecule has 0 amide bonds. The lowest BCUT2D eigenvalue weighted by Crippen LogP contribution is -1.89. The Bertz CT molecular complexity index is 349. The van der Waals surface area contributed by atoms with E-state index in [0.717, 1.165) is 0 Å². The summed E-state index contributed by atoms with van der Waals surface area (Å²) in [6.45, 7) is 1.70. The van der Waals surface area contributed by atoms with Crippen molar-refractivity contribution < 1.29 is 9.18 Å². The molecule has 0 fully saturated rings. The molecule has 0 aliphatic carbocycles. The fourth-order valence-corrected chi connectivity index (χ4v) is 1.14. The van der Waals surface area contributed by atoms with Crippen LogP contribution in [0.15, 0.2) is 17.1 Å². The Balaban J connectivity index is 3.05. The van der Waals surface area contributed by atoms with Crippen LogP contribution in [0, 0.1) is 12.7 Å². The SMILES string of the molecule is Cc1c(F)cc(CN=C=O)cc1Cl. The molecule has 0 bridgehead atoms. The van der Waals surface area contributed by atoms with E-state index < -0.39 is 0 Å². The second kappa shape index (κ2) is 4.17. The number of isocyanates is 1. The highest BCUT2D eigenvalue weighted by Crippen LogP contribution is 2.20. The highest BCUT2D eigenvalue weighted by molar-refractivity contribution is 6.31. The fraction of sp³-hybridized carbons (Fsp3) is 0.222. The normalized spacial score (nSPS) is 9.46. The maximum Gasteiger partial charge on any atom is 0.235 e. The molecule has 0 saturated heterocycles. The van der Waals surface area contributed by atoms with Gasteiger partial charge in [-0.05, 0) is 24.6 Å². The van der Waals surface area contributed by atoms with Gasteiger partial charge in [0.15, 0.2) is 0 Å². The van der Waals surface area contributed by atoms with Gasteiger partial charge in [-0.15, -0.1) is 0 Å². The third-order valence-corrected chi connectivity index (χ3v) is 2.06. The lowest BCUT2D eigenvalue weighted by atomic mass is 10.1. The minimum atomic E-state index is -0.386. The predicted octanol–water partition coefficient (Wildman–Crippen LogP) is 2.62. The zero-order valence-corrected chi connectivity index (χ0v) is 7.73. The van der Waals surface area contributed by atoms with Crippen LogP contribution < -0.4 is 0 Å². The largest absolute Gasteiger partial charge is 0.235 e. The standard InChI is InChI=1S/C9H7ClFNO/c1-6-8(10)2-7(3-9(6)11)4-12-5-13/h2-3H,4H2,1H3. The summed E-state index contributed by atoms with van der Waals surface area (Å²) in [5.41, 5.74) is 0.969. The summed E-state index contributed by atoms with van der Waals surface area (Å²) in [5, 5.41) is 0.344. The molecule has 0 aliphatic rings. The summed E-state index contributed by atoms with van der Waals surface area (Å²) in [4.78, 5) is 13.1. The lowest BCUT2D eigenvalue weighted by Gasteiger charge is -2.02. The van der Waals surface area contributed by atoms with Crippen LogP contribution in [0.2, 0.25) is 5.02 Å². The van der Waals surface area contributed by atoms with Gasteiger partial charge in [0, 0.05) is 10.6 Å². The highest BCUT2D eigenvalue weighted by Gasteiger charge is 2.04. The summed E-state index contributed by atoms with van der Waals surface area (Å²) < 4.78 is 13.0. The molecule has 1 rings (SSSR count). The quantitative estimate of drug-likeness (QED) is 0.532. The number of hydrogen-bond donors (Lipinski definition) is 0. The van der Waals surface area contributed by atoms with Crippen LogP contribution in [0.25, 0.3) is 0 Å². The van der Waals surface area contributed by atoms with Crippen LogP contribution in [0.5, 0.6) is 0 Å². The van der Waals surface area contributed by atoms with Crippen molar-refractivity contribution >= 4 is 17.7 Å². The zero-order chi connectivity index (χ0) is 9.84. The maximum atomic E-state index is 13.0. The van der Waals surface area contributed by atoms with Crippen LogP contribution in [0.1, 0.15) is 11.1 Å². The van der Waals surface area contributed by atoms with Crippen molar-refractivity contribution in [1.29, 1.82) is 0 Å². The van der Waals surface area contributed by atoms with Crippen molar-refractivity contribution in [1.82, 2.24) is 0 Å². The molecule has 0 radical (unpaired) electrons. The van der Waals surface area contributed by atoms with Crippen LogP contribution in [0.3, 0.4) is 0 Å². The molecule has 68 valence electrons. The van der Waals surface area contributed by atoms with Gasteiger partial charge in [-0.1, -0.05) is 11.6 Å². The number of halogens is 2. The number of carbonyl (C=O) groups excluding carboxylic acids is 1. The number of aliphatic imine (C=N–C) groups is 1. The third kappa shape index (κ3) is 2.38. The van der Waals surface area contributed by atoms with Crippen molar-refractivity contribution in [2.75, 3.05) is 0 Å². The zero-order valence-electron chi connectivity index (χ0n) is 6.97. The van der Waals surface area contributed by atoms with Gasteiger partial charge < -0.3 is 0 Å². The molecule has 1 aromatic carbocycles. The first-order chi connectivity index (χ1) is 6.15. The van der Waals surface area contributed by atoms with E-state index in [0.29, 0.717) is 16.1 Å². The molecule has 0 heterocycles. The summed E-state index contributed by atoms with van der Waals surface area (Å²) in [6, 6.07) is 2.89. The first-order valence-corrected chi connectivity index (χ1v) is 4.01. The third-order valence-electron chi connectivity index (χ3n) is 1.67. The Kier molecular flexibility index (Phi) is 3.18. The average molecular weight is 200 g/mol. The monoisotopic (exact) mass is 199 g/mol. The lowest BCUT2D eigenvalue weighted by molar-refractivity contribution is 0.562. The molecule has 0 aromatic heterocycles. The van der Waals surface area contributed by atoms with Crippen molar-refractivity contribution in [2.45, 2.75) is 13.5 Å². The summed E-state index contributed by atoms with van der Waals surface area (Å²) in [7, 11) is 0. The second-order valence-electron chi connectivity index (χ2n) is 2.59. The van der Waals surface area contributed by atoms with Gasteiger partial charge >= 0.3 is 0 Å². The Labute approximate surface area is 80.1 Å². The van der Waals surface area contributed by atoms with Gasteiger partial charge in [-0.3, -0.25) is 0 Å². The van der Waals surface area contributed by atoms with E-state index in [4.69, 9.17) is 11.6 Å². The molecular formula is C9H7ClFNO. The number of nitrogens with zero attached hydrogens (tertiary/aromatic N) is 1. The average Bonchev–Trinajstić information content (AvgIpc) is 2.10. The van der Waals surface area contributed by atoms with Gasteiger partial charge in [0.2, 0.25) is 6.08 Å². The highest BCUT2D eigenvalue weighted by atomic mass is 35.5. The van der Waals surface area contributed by atoms with E-state index in [9.17, 15) is 9.18 Å². The van der Waals surface area contributed by atoms with Crippen LogP contribution in [-0.2, 0) is 11.3 Å². The maximum absolute atomic E-state index is 13.0. The van der Waals surface area contributed by atoms with Crippen LogP contribution in [0.4, 0.5) is 4.39 Å². The van der Waals surface area contributed by atoms with E-state index in [1.54, 1.807) is 13.0 Å². The van der Waals surface area contributed by atoms with Crippen molar-refractivity contribution in [2.24, 2.45) is 4.99 Å². The summed E-state index contributed by atoms with van der Waals surface area (Å²) >= 11 is 5.72. The molecule has 1 aromatic rings. The molecule has 0 N–H and O–H groups in total. The molecule has 0 atom stereocenters. The second-order valence-corrected chi connectivity index (χ2v) is 3.00. The van der Waals surface area contributed by atoms with Gasteiger partial charge in [-0.25, -0.2) is 14.2 Å². The van der Waals surface area contributed by atoms with Gasteiger partial charge in [0.1, 0.15) is 5.82 Å². The predicted molar refractivity (Wildman–Crippen MR) is 48.0 cm³/mol. The number of hydrogen-bond acceptors (Lipinski definition) is 2. The van der Waals surface area contributed by atoms with E-state index >= 15 is 0 Å². The van der Waals surface area contributed by atoms with Crippen molar-refractivity contribution in [3.8, 4) is 0 Å². The van der Waals surface area contributed by atoms with Gasteiger partial charge in [0.25, 0.3) is 0 Å². The molecule has 13 heavy (non-hydrogen) atoms. The van der Waals surface area contributed by atoms with E-state index in [2.05, 4.69) is 4.99 Å². The Morgan fingerprint density at radius 2 is 2.31 bits per heavy atom. The number of rotatable bonds is 2. The smallest absolute Gasteiger partial charge is 0.211 e. The first-order valence-electron chi connectivity index (χ1n) is 3.63. The van der Waals surface area contributed by atoms with Crippen molar-refractivity contribution in [3.05, 3.63) is 34.1 Å². The molecular weight excluding hydrogens is 193 g/mol. The molecule has 0 aliphatic heterocycles. The van der Waals surface area contributed by atoms with Crippen LogP contribution >= 0.6 is 11.6 Å². The van der Waals surface area contributed by atoms with Gasteiger partial charge in [0.05, 0.1) is 6.54 Å². The van der Waals surface area contributed by atoms with Gasteiger partial charge in [-0.2, -0.15) is 0 Å². The molecule has 4 heteroatoms. The van der Waals surface area contributed by atoms with E-state index in [-0.39, 0.29) is 12.4 Å². The molecule has 0 spiro atoms. The number of benzene rings is 1. The Hall–Kier alpha value is -1.18. The Morgan fingerprint density at radius 1 is 1.62 bits per heavy atom. The molecule has 0 unspecified atom stereocenters. The topological polar surface area (TPSA) is 29.4 Å². The first kappa shape index (κ1) is 9.90. The van der Waals surface area contributed by atoms with Crippen molar-refractivity contribution in [3.63, 3.8) is 0 Å². The van der Waals surface area contributed by atoms with Crippen LogP contribution in [-0.4, -0.2) is 6.08 Å². The molecule has 2 nitrogen and oxygen atoms in total. The Morgan fingerprint density at radius 3 is 2.85 bits per heavy atom. The van der Waals surface area contributed by atoms with E-state index in [1.807, 2.05) is 0 Å². The minimum Gasteiger partial charge on any atom is -0.211 e. The summed E-state index contributed by atoms with van der Waals surface area (Å²) in [6.07, 6.45) is 1.38. The summed E-state index contributed by atoms with van der Waals surface area (Å²) in [5.74, 6) is -0.386.